The van der Waals surface area contributed by atoms with Crippen LogP contribution < -0.4 is 4.90 Å². The molecule has 0 N–H and O–H groups in total. The van der Waals surface area contributed by atoms with E-state index in [1.165, 1.54) is 0 Å². The van der Waals surface area contributed by atoms with Crippen molar-refractivity contribution in [2.24, 2.45) is 4.99 Å². The Hall–Kier alpha value is -1.64. The average Bonchev–Trinajstić information content (AvgIpc) is 2.17. The molecule has 2 rings (SSSR count). The lowest BCUT2D eigenvalue weighted by Gasteiger charge is -2.20. The summed E-state index contributed by atoms with van der Waals surface area (Å²) < 4.78 is 0. The Labute approximate surface area is 70.3 Å². The summed E-state index contributed by atoms with van der Waals surface area (Å²) in [6.45, 7) is 0.431. The second-order valence-electron chi connectivity index (χ2n) is 2.59. The quantitative estimate of drug-likeness (QED) is 0.565. The molecular weight excluding hydrogens is 152 g/mol. The molecule has 1 aliphatic rings. The highest BCUT2D eigenvalue weighted by Crippen LogP contribution is 2.19. The molecule has 0 fully saturated rings. The Bertz CT molecular complexity index is 333. The number of benzene rings is 1. The van der Waals surface area contributed by atoms with Crippen LogP contribution in [0.15, 0.2) is 29.3 Å². The van der Waals surface area contributed by atoms with E-state index < -0.39 is 0 Å². The molecule has 0 saturated carbocycles. The van der Waals surface area contributed by atoms with E-state index in [4.69, 9.17) is 0 Å². The van der Waals surface area contributed by atoms with Gasteiger partial charge in [0.1, 0.15) is 6.67 Å². The molecule has 12 heavy (non-hydrogen) atoms. The molecule has 0 unspecified atom stereocenters. The van der Waals surface area contributed by atoms with Gasteiger partial charge in [-0.1, -0.05) is 18.2 Å². The van der Waals surface area contributed by atoms with Gasteiger partial charge < -0.3 is 0 Å². The first-order valence-corrected chi connectivity index (χ1v) is 3.72. The van der Waals surface area contributed by atoms with Crippen molar-refractivity contribution < 1.29 is 4.79 Å². The lowest BCUT2D eigenvalue weighted by Crippen LogP contribution is -2.25. The van der Waals surface area contributed by atoms with Gasteiger partial charge in [-0.3, -0.25) is 14.7 Å². The van der Waals surface area contributed by atoms with Crippen LogP contribution in [0.3, 0.4) is 0 Å². The van der Waals surface area contributed by atoms with Gasteiger partial charge >= 0.3 is 0 Å². The second kappa shape index (κ2) is 2.77. The number of fused-ring (bicyclic) bond motifs is 1. The molecule has 0 bridgehead atoms. The summed E-state index contributed by atoms with van der Waals surface area (Å²) in [5.41, 5.74) is 1.93. The molecule has 0 radical (unpaired) electrons. The summed E-state index contributed by atoms with van der Waals surface area (Å²) in [6.07, 6.45) is 2.59. The van der Waals surface area contributed by atoms with E-state index in [1.54, 1.807) is 11.1 Å². The fourth-order valence-corrected chi connectivity index (χ4v) is 1.25. The monoisotopic (exact) mass is 160 g/mol. The summed E-state index contributed by atoms with van der Waals surface area (Å²) in [4.78, 5) is 16.2. The third-order valence-electron chi connectivity index (χ3n) is 1.84. The van der Waals surface area contributed by atoms with Gasteiger partial charge in [-0.2, -0.15) is 0 Å². The van der Waals surface area contributed by atoms with Crippen molar-refractivity contribution in [3.05, 3.63) is 29.8 Å². The number of nitrogens with zero attached hydrogens (tertiary/aromatic N) is 2. The summed E-state index contributed by atoms with van der Waals surface area (Å²) in [5.74, 6) is 0. The number of rotatable bonds is 1. The Balaban J connectivity index is 2.52. The number of anilines is 1. The minimum atomic E-state index is 0.431. The van der Waals surface area contributed by atoms with Crippen LogP contribution in [-0.2, 0) is 4.79 Å². The Morgan fingerprint density at radius 2 is 2.25 bits per heavy atom. The maximum atomic E-state index is 10.6. The molecule has 1 heterocycles. The van der Waals surface area contributed by atoms with Gasteiger partial charge in [-0.05, 0) is 6.07 Å². The molecule has 0 saturated heterocycles. The van der Waals surface area contributed by atoms with Crippen molar-refractivity contribution in [3.63, 3.8) is 0 Å². The average molecular weight is 160 g/mol. The zero-order valence-corrected chi connectivity index (χ0v) is 6.47. The number of carbonyl (C=O) groups excluding carboxylic acids is 1. The molecule has 1 amide bonds. The van der Waals surface area contributed by atoms with Crippen LogP contribution in [0.2, 0.25) is 0 Å². The van der Waals surface area contributed by atoms with Crippen LogP contribution in [0.4, 0.5) is 5.69 Å². The molecular formula is C9H8N2O. The highest BCUT2D eigenvalue weighted by molar-refractivity contribution is 5.94. The van der Waals surface area contributed by atoms with E-state index in [9.17, 15) is 4.79 Å². The zero-order chi connectivity index (χ0) is 8.39. The van der Waals surface area contributed by atoms with Crippen LogP contribution in [0.25, 0.3) is 0 Å². The van der Waals surface area contributed by atoms with Gasteiger partial charge in [-0.25, -0.2) is 0 Å². The smallest absolute Gasteiger partial charge is 0.215 e. The highest BCUT2D eigenvalue weighted by atomic mass is 16.1. The fourth-order valence-electron chi connectivity index (χ4n) is 1.25. The van der Waals surface area contributed by atoms with Gasteiger partial charge in [0.15, 0.2) is 0 Å². The molecule has 1 aromatic carbocycles. The molecule has 0 aliphatic carbocycles. The maximum absolute atomic E-state index is 10.6. The normalized spacial score (nSPS) is 14.2. The van der Waals surface area contributed by atoms with E-state index >= 15 is 0 Å². The van der Waals surface area contributed by atoms with Gasteiger partial charge in [0, 0.05) is 11.8 Å². The third kappa shape index (κ3) is 0.993. The molecule has 0 spiro atoms. The SMILES string of the molecule is O=CN1CN=Cc2ccccc21. The summed E-state index contributed by atoms with van der Waals surface area (Å²) >= 11 is 0. The Morgan fingerprint density at radius 1 is 1.42 bits per heavy atom. The minimum absolute atomic E-state index is 0.431. The van der Waals surface area contributed by atoms with E-state index in [2.05, 4.69) is 4.99 Å². The van der Waals surface area contributed by atoms with Gasteiger partial charge in [0.2, 0.25) is 6.41 Å². The topological polar surface area (TPSA) is 32.7 Å². The van der Waals surface area contributed by atoms with E-state index in [0.717, 1.165) is 17.7 Å². The van der Waals surface area contributed by atoms with Crippen molar-refractivity contribution in [3.8, 4) is 0 Å². The molecule has 0 aromatic heterocycles. The summed E-state index contributed by atoms with van der Waals surface area (Å²) in [7, 11) is 0. The second-order valence-corrected chi connectivity index (χ2v) is 2.59. The van der Waals surface area contributed by atoms with Crippen LogP contribution in [0.1, 0.15) is 5.56 Å². The predicted molar refractivity (Wildman–Crippen MR) is 47.4 cm³/mol. The molecule has 1 aliphatic heterocycles. The lowest BCUT2D eigenvalue weighted by atomic mass is 10.1. The number of para-hydroxylation sites is 1. The van der Waals surface area contributed by atoms with Gasteiger partial charge in [0.05, 0.1) is 5.69 Å². The first-order valence-electron chi connectivity index (χ1n) is 3.72. The van der Waals surface area contributed by atoms with E-state index in [1.807, 2.05) is 24.3 Å². The maximum Gasteiger partial charge on any atom is 0.215 e. The lowest BCUT2D eigenvalue weighted by molar-refractivity contribution is -0.107. The van der Waals surface area contributed by atoms with E-state index in [-0.39, 0.29) is 0 Å². The van der Waals surface area contributed by atoms with Crippen molar-refractivity contribution in [2.75, 3.05) is 11.6 Å². The fraction of sp³-hybridized carbons (Fsp3) is 0.111. The largest absolute Gasteiger partial charge is 0.294 e. The summed E-state index contributed by atoms with van der Waals surface area (Å²) in [5, 5.41) is 0. The number of hydrogen-bond acceptors (Lipinski definition) is 2. The van der Waals surface area contributed by atoms with Crippen molar-refractivity contribution in [1.29, 1.82) is 0 Å². The minimum Gasteiger partial charge on any atom is -0.294 e. The van der Waals surface area contributed by atoms with E-state index in [0.29, 0.717) is 6.67 Å². The third-order valence-corrected chi connectivity index (χ3v) is 1.84. The number of hydrogen-bond donors (Lipinski definition) is 0. The van der Waals surface area contributed by atoms with Crippen LogP contribution in [0.5, 0.6) is 0 Å². The van der Waals surface area contributed by atoms with Crippen molar-refractivity contribution in [1.82, 2.24) is 0 Å². The van der Waals surface area contributed by atoms with Crippen LogP contribution in [-0.4, -0.2) is 19.3 Å². The van der Waals surface area contributed by atoms with Crippen LogP contribution >= 0.6 is 0 Å². The van der Waals surface area contributed by atoms with Gasteiger partial charge in [0.25, 0.3) is 0 Å². The number of carbonyl (C=O) groups is 1. The molecule has 0 atom stereocenters. The Kier molecular flexibility index (Phi) is 1.63. The summed E-state index contributed by atoms with van der Waals surface area (Å²) in [6, 6.07) is 7.69. The van der Waals surface area contributed by atoms with Crippen molar-refractivity contribution >= 4 is 18.3 Å². The van der Waals surface area contributed by atoms with Crippen LogP contribution in [0, 0.1) is 0 Å². The van der Waals surface area contributed by atoms with Gasteiger partial charge in [-0.15, -0.1) is 0 Å². The highest BCUT2D eigenvalue weighted by Gasteiger charge is 2.10. The standard InChI is InChI=1S/C9H8N2O/c12-7-11-6-10-5-8-3-1-2-4-9(8)11/h1-5,7H,6H2. The first-order chi connectivity index (χ1) is 5.92. The van der Waals surface area contributed by atoms with Crippen molar-refractivity contribution in [2.45, 2.75) is 0 Å². The molecule has 1 aromatic rings. The molecule has 3 heteroatoms. The number of aliphatic imine (C=N–C) groups is 1. The Morgan fingerprint density at radius 3 is 3.08 bits per heavy atom. The predicted octanol–water partition coefficient (Wildman–Crippen LogP) is 1.04. The number of amides is 1. The zero-order valence-electron chi connectivity index (χ0n) is 6.47. The first kappa shape index (κ1) is 7.03. The molecule has 60 valence electrons. The molecule has 3 nitrogen and oxygen atoms in total.